The van der Waals surface area contributed by atoms with Crippen LogP contribution in [0.4, 0.5) is 5.69 Å². The van der Waals surface area contributed by atoms with Crippen molar-refractivity contribution in [2.75, 3.05) is 18.6 Å². The van der Waals surface area contributed by atoms with E-state index in [4.69, 9.17) is 4.42 Å². The Morgan fingerprint density at radius 3 is 2.44 bits per heavy atom. The van der Waals surface area contributed by atoms with Crippen LogP contribution >= 0.6 is 0 Å². The van der Waals surface area contributed by atoms with E-state index in [1.165, 1.54) is 17.4 Å². The second-order valence-electron chi connectivity index (χ2n) is 6.02. The van der Waals surface area contributed by atoms with Crippen molar-refractivity contribution in [2.45, 2.75) is 20.4 Å². The molecule has 0 bridgehead atoms. The fraction of sp³-hybridized carbons (Fsp3) is 0.278. The summed E-state index contributed by atoms with van der Waals surface area (Å²) in [5, 5.41) is 2.80. The molecule has 6 nitrogen and oxygen atoms in total. The van der Waals surface area contributed by atoms with Crippen molar-refractivity contribution in [2.24, 2.45) is 0 Å². The van der Waals surface area contributed by atoms with Gasteiger partial charge in [-0.25, -0.2) is 8.42 Å². The van der Waals surface area contributed by atoms with Gasteiger partial charge in [0.2, 0.25) is 15.9 Å². The lowest BCUT2D eigenvalue weighted by Crippen LogP contribution is -2.24. The molecule has 0 aliphatic heterocycles. The lowest BCUT2D eigenvalue weighted by molar-refractivity contribution is -0.111. The number of rotatable bonds is 6. The number of carbonyl (C=O) groups excluding carboxylic acids is 1. The van der Waals surface area contributed by atoms with Gasteiger partial charge in [-0.1, -0.05) is 6.07 Å². The maximum atomic E-state index is 12.0. The summed E-state index contributed by atoms with van der Waals surface area (Å²) in [5.41, 5.74) is 2.89. The second kappa shape index (κ2) is 7.67. The molecule has 0 saturated carbocycles. The van der Waals surface area contributed by atoms with Crippen molar-refractivity contribution < 1.29 is 17.6 Å². The van der Waals surface area contributed by atoms with Crippen LogP contribution < -0.4 is 5.32 Å². The Labute approximate surface area is 148 Å². The van der Waals surface area contributed by atoms with Crippen LogP contribution in [0.5, 0.6) is 0 Å². The Balaban J connectivity index is 1.98. The van der Waals surface area contributed by atoms with Crippen LogP contribution in [0.15, 0.2) is 40.8 Å². The van der Waals surface area contributed by atoms with E-state index < -0.39 is 10.0 Å². The molecule has 134 valence electrons. The topological polar surface area (TPSA) is 79.6 Å². The zero-order valence-corrected chi connectivity index (χ0v) is 15.6. The molecule has 0 aliphatic rings. The van der Waals surface area contributed by atoms with Crippen LogP contribution in [0.1, 0.15) is 22.6 Å². The summed E-state index contributed by atoms with van der Waals surface area (Å²) >= 11 is 0. The number of furan rings is 1. The molecule has 25 heavy (non-hydrogen) atoms. The van der Waals surface area contributed by atoms with Crippen LogP contribution in [0, 0.1) is 13.8 Å². The predicted molar refractivity (Wildman–Crippen MR) is 98.6 cm³/mol. The number of carbonyl (C=O) groups is 1. The number of benzene rings is 1. The summed E-state index contributed by atoms with van der Waals surface area (Å²) in [4.78, 5) is 12.0. The lowest BCUT2D eigenvalue weighted by atomic mass is 10.1. The molecule has 1 amide bonds. The van der Waals surface area contributed by atoms with E-state index in [0.717, 1.165) is 23.1 Å². The molecule has 1 heterocycles. The molecule has 0 saturated heterocycles. The summed E-state index contributed by atoms with van der Waals surface area (Å²) in [5.74, 6) is 0.714. The van der Waals surface area contributed by atoms with E-state index in [2.05, 4.69) is 5.32 Å². The molecular weight excluding hydrogens is 340 g/mol. The normalized spacial score (nSPS) is 12.0. The molecule has 0 aliphatic carbocycles. The van der Waals surface area contributed by atoms with Gasteiger partial charge in [0.25, 0.3) is 0 Å². The van der Waals surface area contributed by atoms with E-state index in [0.29, 0.717) is 11.5 Å². The molecule has 1 N–H and O–H groups in total. The van der Waals surface area contributed by atoms with Crippen LogP contribution in [0.3, 0.4) is 0 Å². The summed E-state index contributed by atoms with van der Waals surface area (Å²) in [6, 6.07) is 9.19. The van der Waals surface area contributed by atoms with Crippen molar-refractivity contribution in [3.63, 3.8) is 0 Å². The molecule has 0 fully saturated rings. The molecule has 0 unspecified atom stereocenters. The number of amides is 1. The molecule has 2 rings (SSSR count). The summed E-state index contributed by atoms with van der Waals surface area (Å²) < 4.78 is 29.5. The van der Waals surface area contributed by atoms with Crippen LogP contribution in [0.2, 0.25) is 0 Å². The van der Waals surface area contributed by atoms with Gasteiger partial charge in [-0.05, 0) is 55.3 Å². The Bertz CT molecular complexity index is 877. The van der Waals surface area contributed by atoms with Gasteiger partial charge in [-0.2, -0.15) is 4.31 Å². The van der Waals surface area contributed by atoms with E-state index >= 15 is 0 Å². The molecule has 0 atom stereocenters. The van der Waals surface area contributed by atoms with Gasteiger partial charge >= 0.3 is 0 Å². The van der Waals surface area contributed by atoms with Gasteiger partial charge < -0.3 is 9.73 Å². The van der Waals surface area contributed by atoms with Gasteiger partial charge in [-0.3, -0.25) is 4.79 Å². The highest BCUT2D eigenvalue weighted by Crippen LogP contribution is 2.15. The van der Waals surface area contributed by atoms with E-state index in [1.807, 2.05) is 32.0 Å². The molecule has 0 radical (unpaired) electrons. The van der Waals surface area contributed by atoms with Gasteiger partial charge in [0.05, 0.1) is 12.8 Å². The van der Waals surface area contributed by atoms with Gasteiger partial charge in [0.1, 0.15) is 11.5 Å². The highest BCUT2D eigenvalue weighted by molar-refractivity contribution is 7.88. The standard InChI is InChI=1S/C18H22N2O4S/c1-13-9-14(2)11-15(10-13)19-18(21)8-7-16-5-6-17(24-16)12-20(3)25(4,22)23/h5-11H,12H2,1-4H3,(H,19,21)/b8-7+. The van der Waals surface area contributed by atoms with Crippen LogP contribution in [-0.4, -0.2) is 31.9 Å². The van der Waals surface area contributed by atoms with Crippen LogP contribution in [0.25, 0.3) is 6.08 Å². The number of hydrogen-bond acceptors (Lipinski definition) is 4. The quantitative estimate of drug-likeness (QED) is 0.801. The van der Waals surface area contributed by atoms with Crippen molar-refractivity contribution in [3.8, 4) is 0 Å². The zero-order valence-electron chi connectivity index (χ0n) is 14.7. The third kappa shape index (κ3) is 5.88. The fourth-order valence-electron chi connectivity index (χ4n) is 2.29. The van der Waals surface area contributed by atoms with Crippen molar-refractivity contribution in [1.29, 1.82) is 0 Å². The van der Waals surface area contributed by atoms with Gasteiger partial charge in [-0.15, -0.1) is 0 Å². The van der Waals surface area contributed by atoms with Crippen molar-refractivity contribution in [3.05, 3.63) is 59.1 Å². The molecule has 7 heteroatoms. The van der Waals surface area contributed by atoms with Gasteiger partial charge in [0.15, 0.2) is 0 Å². The van der Waals surface area contributed by atoms with E-state index in [-0.39, 0.29) is 12.5 Å². The minimum Gasteiger partial charge on any atom is -0.460 e. The SMILES string of the molecule is Cc1cc(C)cc(NC(=O)/C=C/c2ccc(CN(C)S(C)(=O)=O)o2)c1. The Morgan fingerprint density at radius 1 is 1.20 bits per heavy atom. The monoisotopic (exact) mass is 362 g/mol. The Morgan fingerprint density at radius 2 is 1.84 bits per heavy atom. The number of nitrogens with zero attached hydrogens (tertiary/aromatic N) is 1. The first-order valence-electron chi connectivity index (χ1n) is 7.71. The van der Waals surface area contributed by atoms with Gasteiger partial charge in [0, 0.05) is 18.8 Å². The molecule has 0 spiro atoms. The van der Waals surface area contributed by atoms with E-state index in [1.54, 1.807) is 18.2 Å². The molecular formula is C18H22N2O4S. The first-order valence-corrected chi connectivity index (χ1v) is 9.56. The van der Waals surface area contributed by atoms with Crippen molar-refractivity contribution >= 4 is 27.7 Å². The third-order valence-corrected chi connectivity index (χ3v) is 4.78. The first-order chi connectivity index (χ1) is 11.6. The minimum absolute atomic E-state index is 0.140. The maximum absolute atomic E-state index is 12.0. The number of sulfonamides is 1. The number of aryl methyl sites for hydroxylation is 2. The molecule has 1 aromatic carbocycles. The van der Waals surface area contributed by atoms with Crippen LogP contribution in [-0.2, 0) is 21.4 Å². The molecule has 2 aromatic rings. The largest absolute Gasteiger partial charge is 0.460 e. The molecule has 1 aromatic heterocycles. The fourth-order valence-corrected chi connectivity index (χ4v) is 2.66. The summed E-state index contributed by atoms with van der Waals surface area (Å²) in [6.07, 6.45) is 4.05. The Hall–Kier alpha value is -2.38. The lowest BCUT2D eigenvalue weighted by Gasteiger charge is -2.11. The Kier molecular flexibility index (Phi) is 5.81. The second-order valence-corrected chi connectivity index (χ2v) is 8.11. The average molecular weight is 362 g/mol. The zero-order chi connectivity index (χ0) is 18.6. The number of anilines is 1. The highest BCUT2D eigenvalue weighted by Gasteiger charge is 2.13. The smallest absolute Gasteiger partial charge is 0.248 e. The summed E-state index contributed by atoms with van der Waals surface area (Å²) in [7, 11) is -1.79. The number of nitrogens with one attached hydrogen (secondary N) is 1. The van der Waals surface area contributed by atoms with Crippen molar-refractivity contribution in [1.82, 2.24) is 4.31 Å². The average Bonchev–Trinajstić information content (AvgIpc) is 2.90. The van der Waals surface area contributed by atoms with E-state index in [9.17, 15) is 13.2 Å². The summed E-state index contributed by atoms with van der Waals surface area (Å²) in [6.45, 7) is 4.08. The minimum atomic E-state index is -3.27. The maximum Gasteiger partial charge on any atom is 0.248 e. The third-order valence-electron chi connectivity index (χ3n) is 3.52. The first kappa shape index (κ1) is 19.0. The highest BCUT2D eigenvalue weighted by atomic mass is 32.2. The number of hydrogen-bond donors (Lipinski definition) is 1. The predicted octanol–water partition coefficient (Wildman–Crippen LogP) is 2.94.